The predicted octanol–water partition coefficient (Wildman–Crippen LogP) is 2.73. The SMILES string of the molecule is CN(Cc1ccncc1)Cc1cn[nH]c1C(C)(C)C. The molecule has 4 nitrogen and oxygen atoms in total. The van der Waals surface area contributed by atoms with E-state index in [0.29, 0.717) is 0 Å². The summed E-state index contributed by atoms with van der Waals surface area (Å²) in [4.78, 5) is 6.33. The van der Waals surface area contributed by atoms with Crippen LogP contribution in [-0.4, -0.2) is 27.1 Å². The van der Waals surface area contributed by atoms with Crippen molar-refractivity contribution in [3.05, 3.63) is 47.5 Å². The van der Waals surface area contributed by atoms with E-state index in [2.05, 4.69) is 60.0 Å². The highest BCUT2D eigenvalue weighted by Crippen LogP contribution is 2.24. The van der Waals surface area contributed by atoms with Gasteiger partial charge in [0.1, 0.15) is 0 Å². The molecule has 0 saturated carbocycles. The van der Waals surface area contributed by atoms with Crippen LogP contribution in [0.2, 0.25) is 0 Å². The maximum absolute atomic E-state index is 4.19. The van der Waals surface area contributed by atoms with Crippen molar-refractivity contribution in [1.82, 2.24) is 20.1 Å². The Kier molecular flexibility index (Phi) is 4.00. The summed E-state index contributed by atoms with van der Waals surface area (Å²) in [5.41, 5.74) is 3.86. The molecule has 0 unspecified atom stereocenters. The number of pyridine rings is 1. The van der Waals surface area contributed by atoms with Gasteiger partial charge < -0.3 is 0 Å². The summed E-state index contributed by atoms with van der Waals surface area (Å²) in [6, 6.07) is 4.10. The Morgan fingerprint density at radius 3 is 2.47 bits per heavy atom. The summed E-state index contributed by atoms with van der Waals surface area (Å²) in [5.74, 6) is 0. The van der Waals surface area contributed by atoms with E-state index in [9.17, 15) is 0 Å². The first-order valence-corrected chi connectivity index (χ1v) is 6.57. The van der Waals surface area contributed by atoms with E-state index in [1.165, 1.54) is 16.8 Å². The third-order valence-corrected chi connectivity index (χ3v) is 3.11. The molecule has 0 atom stereocenters. The number of nitrogens with one attached hydrogen (secondary N) is 1. The van der Waals surface area contributed by atoms with Gasteiger partial charge in [-0.25, -0.2) is 0 Å². The number of aromatic nitrogens is 3. The summed E-state index contributed by atoms with van der Waals surface area (Å²) in [6.07, 6.45) is 5.60. The fraction of sp³-hybridized carbons (Fsp3) is 0.467. The molecule has 0 aromatic carbocycles. The highest BCUT2D eigenvalue weighted by atomic mass is 15.1. The van der Waals surface area contributed by atoms with Crippen LogP contribution in [0, 0.1) is 0 Å². The molecule has 0 aliphatic carbocycles. The summed E-state index contributed by atoms with van der Waals surface area (Å²) in [5, 5.41) is 7.32. The van der Waals surface area contributed by atoms with Crippen molar-refractivity contribution in [3.8, 4) is 0 Å². The lowest BCUT2D eigenvalue weighted by Gasteiger charge is -2.21. The predicted molar refractivity (Wildman–Crippen MR) is 76.7 cm³/mol. The smallest absolute Gasteiger partial charge is 0.0535 e. The topological polar surface area (TPSA) is 44.8 Å². The largest absolute Gasteiger partial charge is 0.298 e. The zero-order valence-corrected chi connectivity index (χ0v) is 12.1. The fourth-order valence-corrected chi connectivity index (χ4v) is 2.23. The van der Waals surface area contributed by atoms with Gasteiger partial charge in [-0.1, -0.05) is 20.8 Å². The first-order chi connectivity index (χ1) is 8.97. The molecule has 102 valence electrons. The number of nitrogens with zero attached hydrogens (tertiary/aromatic N) is 3. The monoisotopic (exact) mass is 258 g/mol. The zero-order chi connectivity index (χ0) is 13.9. The van der Waals surface area contributed by atoms with E-state index in [-0.39, 0.29) is 5.41 Å². The second kappa shape index (κ2) is 5.53. The highest BCUT2D eigenvalue weighted by Gasteiger charge is 2.20. The lowest BCUT2D eigenvalue weighted by Crippen LogP contribution is -2.21. The second-order valence-electron chi connectivity index (χ2n) is 6.05. The molecule has 2 aromatic heterocycles. The molecule has 4 heteroatoms. The lowest BCUT2D eigenvalue weighted by atomic mass is 9.89. The van der Waals surface area contributed by atoms with E-state index in [4.69, 9.17) is 0 Å². The molecule has 0 bridgehead atoms. The molecular weight excluding hydrogens is 236 g/mol. The fourth-order valence-electron chi connectivity index (χ4n) is 2.23. The number of rotatable bonds is 4. The normalized spacial score (nSPS) is 12.1. The summed E-state index contributed by atoms with van der Waals surface area (Å²) >= 11 is 0. The van der Waals surface area contributed by atoms with Gasteiger partial charge in [0.25, 0.3) is 0 Å². The maximum Gasteiger partial charge on any atom is 0.0535 e. The van der Waals surface area contributed by atoms with E-state index < -0.39 is 0 Å². The molecule has 0 aliphatic heterocycles. The Morgan fingerprint density at radius 2 is 1.84 bits per heavy atom. The number of aromatic amines is 1. The third kappa shape index (κ3) is 3.64. The number of hydrogen-bond donors (Lipinski definition) is 1. The van der Waals surface area contributed by atoms with Gasteiger partial charge in [-0.15, -0.1) is 0 Å². The van der Waals surface area contributed by atoms with Crippen LogP contribution in [0.3, 0.4) is 0 Å². The van der Waals surface area contributed by atoms with Crippen LogP contribution >= 0.6 is 0 Å². The first-order valence-electron chi connectivity index (χ1n) is 6.57. The average molecular weight is 258 g/mol. The van der Waals surface area contributed by atoms with Gasteiger partial charge in [-0.2, -0.15) is 5.10 Å². The van der Waals surface area contributed by atoms with Crippen LogP contribution in [0.4, 0.5) is 0 Å². The van der Waals surface area contributed by atoms with E-state index in [1.54, 1.807) is 0 Å². The van der Waals surface area contributed by atoms with E-state index in [0.717, 1.165) is 13.1 Å². The van der Waals surface area contributed by atoms with Gasteiger partial charge in [0.15, 0.2) is 0 Å². The molecule has 0 saturated heterocycles. The van der Waals surface area contributed by atoms with Gasteiger partial charge in [0.05, 0.1) is 6.20 Å². The molecule has 0 aliphatic rings. The van der Waals surface area contributed by atoms with Crippen molar-refractivity contribution in [2.75, 3.05) is 7.05 Å². The minimum Gasteiger partial charge on any atom is -0.298 e. The van der Waals surface area contributed by atoms with Crippen LogP contribution in [-0.2, 0) is 18.5 Å². The summed E-state index contributed by atoms with van der Waals surface area (Å²) < 4.78 is 0. The Labute approximate surface area is 114 Å². The lowest BCUT2D eigenvalue weighted by molar-refractivity contribution is 0.316. The molecular formula is C15H22N4. The minimum absolute atomic E-state index is 0.101. The maximum atomic E-state index is 4.19. The van der Waals surface area contributed by atoms with Gasteiger partial charge in [-0.3, -0.25) is 15.0 Å². The molecule has 0 spiro atoms. The van der Waals surface area contributed by atoms with Crippen LogP contribution < -0.4 is 0 Å². The van der Waals surface area contributed by atoms with Gasteiger partial charge in [0, 0.05) is 42.2 Å². The zero-order valence-electron chi connectivity index (χ0n) is 12.1. The number of hydrogen-bond acceptors (Lipinski definition) is 3. The van der Waals surface area contributed by atoms with Gasteiger partial charge in [-0.05, 0) is 24.7 Å². The summed E-state index contributed by atoms with van der Waals surface area (Å²) in [7, 11) is 2.12. The first kappa shape index (κ1) is 13.7. The molecule has 2 rings (SSSR count). The van der Waals surface area contributed by atoms with Crippen molar-refractivity contribution < 1.29 is 0 Å². The Bertz CT molecular complexity index is 510. The van der Waals surface area contributed by atoms with Gasteiger partial charge in [0.2, 0.25) is 0 Å². The number of H-pyrrole nitrogens is 1. The molecule has 0 fully saturated rings. The highest BCUT2D eigenvalue weighted by molar-refractivity contribution is 5.23. The van der Waals surface area contributed by atoms with Gasteiger partial charge >= 0.3 is 0 Å². The van der Waals surface area contributed by atoms with Crippen LogP contribution in [0.5, 0.6) is 0 Å². The van der Waals surface area contributed by atoms with E-state index in [1.807, 2.05) is 18.6 Å². The standard InChI is InChI=1S/C15H22N4/c1-15(2,3)14-13(9-17-18-14)11-19(4)10-12-5-7-16-8-6-12/h5-9H,10-11H2,1-4H3,(H,17,18). The Hall–Kier alpha value is -1.68. The quantitative estimate of drug-likeness (QED) is 0.917. The molecule has 2 aromatic rings. The third-order valence-electron chi connectivity index (χ3n) is 3.11. The molecule has 19 heavy (non-hydrogen) atoms. The molecule has 1 N–H and O–H groups in total. The second-order valence-corrected chi connectivity index (χ2v) is 6.05. The summed E-state index contributed by atoms with van der Waals surface area (Å²) in [6.45, 7) is 8.41. The van der Waals surface area contributed by atoms with Crippen LogP contribution in [0.1, 0.15) is 37.6 Å². The van der Waals surface area contributed by atoms with Crippen molar-refractivity contribution >= 4 is 0 Å². The van der Waals surface area contributed by atoms with Crippen molar-refractivity contribution in [1.29, 1.82) is 0 Å². The van der Waals surface area contributed by atoms with Crippen LogP contribution in [0.25, 0.3) is 0 Å². The molecule has 0 radical (unpaired) electrons. The van der Waals surface area contributed by atoms with Crippen molar-refractivity contribution in [2.45, 2.75) is 39.3 Å². The Balaban J connectivity index is 2.04. The minimum atomic E-state index is 0.101. The van der Waals surface area contributed by atoms with Crippen molar-refractivity contribution in [2.24, 2.45) is 0 Å². The Morgan fingerprint density at radius 1 is 1.16 bits per heavy atom. The van der Waals surface area contributed by atoms with Crippen LogP contribution in [0.15, 0.2) is 30.7 Å². The molecule has 2 heterocycles. The van der Waals surface area contributed by atoms with Crippen molar-refractivity contribution in [3.63, 3.8) is 0 Å². The molecule has 0 amide bonds. The van der Waals surface area contributed by atoms with E-state index >= 15 is 0 Å². The average Bonchev–Trinajstić information content (AvgIpc) is 2.78.